The van der Waals surface area contributed by atoms with Crippen molar-refractivity contribution in [3.05, 3.63) is 34.3 Å². The highest BCUT2D eigenvalue weighted by molar-refractivity contribution is 6.37. The van der Waals surface area contributed by atoms with E-state index in [0.717, 1.165) is 0 Å². The third-order valence-corrected chi connectivity index (χ3v) is 3.39. The van der Waals surface area contributed by atoms with Crippen LogP contribution >= 0.6 is 11.6 Å². The van der Waals surface area contributed by atoms with Crippen LogP contribution < -0.4 is 5.32 Å². The van der Waals surface area contributed by atoms with Crippen LogP contribution in [0.3, 0.4) is 0 Å². The van der Waals surface area contributed by atoms with E-state index in [0.29, 0.717) is 22.7 Å². The standard InChI is InChI=1S/C13H15ClN2O2/c1-13(2,7-15-3)16-11(17)8-5-4-6-9(14)10(8)12(16)18/h4-6,15H,7H2,1-3H3. The molecule has 0 saturated carbocycles. The lowest BCUT2D eigenvalue weighted by Gasteiger charge is -2.33. The summed E-state index contributed by atoms with van der Waals surface area (Å²) in [5.74, 6) is -0.599. The maximum atomic E-state index is 12.3. The molecule has 1 aromatic rings. The fourth-order valence-electron chi connectivity index (χ4n) is 2.31. The van der Waals surface area contributed by atoms with Crippen molar-refractivity contribution in [2.24, 2.45) is 0 Å². The van der Waals surface area contributed by atoms with Gasteiger partial charge in [-0.1, -0.05) is 17.7 Å². The first-order valence-corrected chi connectivity index (χ1v) is 6.10. The lowest BCUT2D eigenvalue weighted by atomic mass is 10.0. The Labute approximate surface area is 111 Å². The van der Waals surface area contributed by atoms with E-state index in [1.165, 1.54) is 4.90 Å². The molecule has 4 nitrogen and oxygen atoms in total. The predicted octanol–water partition coefficient (Wildman–Crippen LogP) is 1.93. The topological polar surface area (TPSA) is 49.4 Å². The number of carbonyl (C=O) groups excluding carboxylic acids is 2. The van der Waals surface area contributed by atoms with Gasteiger partial charge in [-0.3, -0.25) is 14.5 Å². The normalized spacial score (nSPS) is 15.2. The number of likely N-dealkylation sites (N-methyl/N-ethyl adjacent to an activating group) is 1. The number of nitrogens with one attached hydrogen (secondary N) is 1. The van der Waals surface area contributed by atoms with Crippen molar-refractivity contribution in [1.29, 1.82) is 0 Å². The summed E-state index contributed by atoms with van der Waals surface area (Å²) in [7, 11) is 1.78. The summed E-state index contributed by atoms with van der Waals surface area (Å²) in [5.41, 5.74) is 0.107. The summed E-state index contributed by atoms with van der Waals surface area (Å²) in [5, 5.41) is 3.32. The van der Waals surface area contributed by atoms with Crippen LogP contribution in [0.5, 0.6) is 0 Å². The summed E-state index contributed by atoms with van der Waals surface area (Å²) in [6, 6.07) is 4.94. The van der Waals surface area contributed by atoms with Crippen molar-refractivity contribution < 1.29 is 9.59 Å². The van der Waals surface area contributed by atoms with Gasteiger partial charge in [0.2, 0.25) is 0 Å². The molecule has 1 aromatic carbocycles. The van der Waals surface area contributed by atoms with Crippen molar-refractivity contribution >= 4 is 23.4 Å². The van der Waals surface area contributed by atoms with E-state index in [1.807, 2.05) is 13.8 Å². The highest BCUT2D eigenvalue weighted by atomic mass is 35.5. The van der Waals surface area contributed by atoms with Gasteiger partial charge in [0.05, 0.1) is 21.7 Å². The first-order valence-electron chi connectivity index (χ1n) is 5.72. The van der Waals surface area contributed by atoms with E-state index in [1.54, 1.807) is 25.2 Å². The third kappa shape index (κ3) is 1.82. The van der Waals surface area contributed by atoms with Crippen molar-refractivity contribution in [1.82, 2.24) is 10.2 Å². The fourth-order valence-corrected chi connectivity index (χ4v) is 2.56. The monoisotopic (exact) mass is 266 g/mol. The van der Waals surface area contributed by atoms with Crippen LogP contribution in [-0.2, 0) is 0 Å². The van der Waals surface area contributed by atoms with Gasteiger partial charge in [-0.2, -0.15) is 0 Å². The Morgan fingerprint density at radius 2 is 1.94 bits per heavy atom. The minimum Gasteiger partial charge on any atom is -0.317 e. The molecule has 1 aliphatic rings. The number of rotatable bonds is 3. The minimum atomic E-state index is -0.592. The molecule has 1 N–H and O–H groups in total. The molecule has 0 saturated heterocycles. The smallest absolute Gasteiger partial charge is 0.263 e. The fraction of sp³-hybridized carbons (Fsp3) is 0.385. The molecule has 0 aliphatic carbocycles. The van der Waals surface area contributed by atoms with Gasteiger partial charge in [0.15, 0.2) is 0 Å². The molecule has 0 fully saturated rings. The lowest BCUT2D eigenvalue weighted by Crippen LogP contribution is -2.52. The van der Waals surface area contributed by atoms with Crippen LogP contribution in [0.4, 0.5) is 0 Å². The quantitative estimate of drug-likeness (QED) is 0.851. The van der Waals surface area contributed by atoms with E-state index in [-0.39, 0.29) is 11.8 Å². The molecule has 0 bridgehead atoms. The molecule has 5 heteroatoms. The SMILES string of the molecule is CNCC(C)(C)N1C(=O)c2cccc(Cl)c2C1=O. The van der Waals surface area contributed by atoms with Crippen molar-refractivity contribution in [3.8, 4) is 0 Å². The van der Waals surface area contributed by atoms with Gasteiger partial charge in [-0.25, -0.2) is 0 Å². The molecule has 18 heavy (non-hydrogen) atoms. The van der Waals surface area contributed by atoms with E-state index in [2.05, 4.69) is 5.32 Å². The maximum absolute atomic E-state index is 12.3. The predicted molar refractivity (Wildman–Crippen MR) is 70.0 cm³/mol. The summed E-state index contributed by atoms with van der Waals surface area (Å²) < 4.78 is 0. The van der Waals surface area contributed by atoms with Gasteiger partial charge in [0.25, 0.3) is 11.8 Å². The third-order valence-electron chi connectivity index (χ3n) is 3.08. The minimum absolute atomic E-state index is 0.280. The van der Waals surface area contributed by atoms with Gasteiger partial charge < -0.3 is 5.32 Å². The molecule has 2 amide bonds. The highest BCUT2D eigenvalue weighted by Crippen LogP contribution is 2.33. The second kappa shape index (κ2) is 4.37. The molecule has 0 atom stereocenters. The number of hydrogen-bond donors (Lipinski definition) is 1. The van der Waals surface area contributed by atoms with Crippen LogP contribution in [0.15, 0.2) is 18.2 Å². The number of carbonyl (C=O) groups is 2. The second-order valence-corrected chi connectivity index (χ2v) is 5.36. The van der Waals surface area contributed by atoms with Crippen LogP contribution in [0.25, 0.3) is 0 Å². The van der Waals surface area contributed by atoms with Crippen LogP contribution in [-0.4, -0.2) is 35.8 Å². The van der Waals surface area contributed by atoms with Gasteiger partial charge >= 0.3 is 0 Å². The number of fused-ring (bicyclic) bond motifs is 1. The molecular weight excluding hydrogens is 252 g/mol. The summed E-state index contributed by atoms with van der Waals surface area (Å²) in [4.78, 5) is 25.9. The average molecular weight is 267 g/mol. The van der Waals surface area contributed by atoms with Crippen molar-refractivity contribution in [2.75, 3.05) is 13.6 Å². The lowest BCUT2D eigenvalue weighted by molar-refractivity contribution is 0.0483. The molecule has 96 valence electrons. The number of benzene rings is 1. The summed E-state index contributed by atoms with van der Waals surface area (Å²) >= 11 is 6.01. The summed E-state index contributed by atoms with van der Waals surface area (Å²) in [6.07, 6.45) is 0. The number of halogens is 1. The molecule has 2 rings (SSSR count). The Hall–Kier alpha value is -1.39. The Morgan fingerprint density at radius 1 is 1.28 bits per heavy atom. The molecule has 0 spiro atoms. The maximum Gasteiger partial charge on any atom is 0.263 e. The van der Waals surface area contributed by atoms with Crippen LogP contribution in [0.1, 0.15) is 34.6 Å². The first-order chi connectivity index (χ1) is 8.40. The summed E-state index contributed by atoms with van der Waals surface area (Å²) in [6.45, 7) is 4.22. The number of hydrogen-bond acceptors (Lipinski definition) is 3. The molecular formula is C13H15ClN2O2. The van der Waals surface area contributed by atoms with Gasteiger partial charge in [-0.15, -0.1) is 0 Å². The Kier molecular flexibility index (Phi) is 3.17. The van der Waals surface area contributed by atoms with Gasteiger partial charge in [0.1, 0.15) is 0 Å². The van der Waals surface area contributed by atoms with Crippen molar-refractivity contribution in [3.63, 3.8) is 0 Å². The van der Waals surface area contributed by atoms with E-state index < -0.39 is 5.54 Å². The van der Waals surface area contributed by atoms with E-state index >= 15 is 0 Å². The Balaban J connectivity index is 2.50. The zero-order chi connectivity index (χ0) is 13.5. The zero-order valence-electron chi connectivity index (χ0n) is 10.6. The van der Waals surface area contributed by atoms with Gasteiger partial charge in [-0.05, 0) is 33.0 Å². The average Bonchev–Trinajstić information content (AvgIpc) is 2.53. The molecule has 1 heterocycles. The first kappa shape index (κ1) is 13.1. The number of amides is 2. The highest BCUT2D eigenvalue weighted by Gasteiger charge is 2.44. The van der Waals surface area contributed by atoms with Crippen LogP contribution in [0, 0.1) is 0 Å². The second-order valence-electron chi connectivity index (χ2n) is 4.95. The van der Waals surface area contributed by atoms with Gasteiger partial charge in [0, 0.05) is 6.54 Å². The Bertz CT molecular complexity index is 526. The van der Waals surface area contributed by atoms with Crippen LogP contribution in [0.2, 0.25) is 5.02 Å². The number of nitrogens with zero attached hydrogens (tertiary/aromatic N) is 1. The molecule has 1 aliphatic heterocycles. The molecule has 0 radical (unpaired) electrons. The Morgan fingerprint density at radius 3 is 2.50 bits per heavy atom. The number of imide groups is 1. The molecule has 0 aromatic heterocycles. The largest absolute Gasteiger partial charge is 0.317 e. The zero-order valence-corrected chi connectivity index (χ0v) is 11.3. The van der Waals surface area contributed by atoms with Crippen molar-refractivity contribution in [2.45, 2.75) is 19.4 Å². The van der Waals surface area contributed by atoms with E-state index in [9.17, 15) is 9.59 Å². The molecule has 0 unspecified atom stereocenters. The van der Waals surface area contributed by atoms with E-state index in [4.69, 9.17) is 11.6 Å².